The number of benzene rings is 1. The summed E-state index contributed by atoms with van der Waals surface area (Å²) in [7, 11) is -0.0324. The Kier molecular flexibility index (Phi) is 5.43. The summed E-state index contributed by atoms with van der Waals surface area (Å²) in [4.78, 5) is 0. The molecule has 7 heteroatoms. The summed E-state index contributed by atoms with van der Waals surface area (Å²) in [6.45, 7) is 0.340. The highest BCUT2D eigenvalue weighted by molar-refractivity contribution is 9.10. The largest absolute Gasteiger partial charge is 0.493 e. The molecular formula is C11H16BrNO4S. The molecule has 0 fully saturated rings. The van der Waals surface area contributed by atoms with Gasteiger partial charge in [-0.3, -0.25) is 0 Å². The van der Waals surface area contributed by atoms with Gasteiger partial charge in [0.15, 0.2) is 11.5 Å². The average molecular weight is 338 g/mol. The highest BCUT2D eigenvalue weighted by Gasteiger charge is 2.10. The van der Waals surface area contributed by atoms with Gasteiger partial charge in [0.05, 0.1) is 20.5 Å². The molecule has 0 aromatic heterocycles. The summed E-state index contributed by atoms with van der Waals surface area (Å²) in [5.41, 5.74) is 0.948. The second-order valence-electron chi connectivity index (χ2n) is 3.72. The zero-order valence-electron chi connectivity index (χ0n) is 10.5. The molecule has 0 aliphatic heterocycles. The van der Waals surface area contributed by atoms with Gasteiger partial charge in [0.1, 0.15) is 0 Å². The second kappa shape index (κ2) is 6.40. The van der Waals surface area contributed by atoms with E-state index < -0.39 is 10.0 Å². The van der Waals surface area contributed by atoms with Crippen LogP contribution >= 0.6 is 15.9 Å². The third-order valence-electron chi connectivity index (χ3n) is 2.31. The van der Waals surface area contributed by atoms with E-state index in [2.05, 4.69) is 20.7 Å². The highest BCUT2D eigenvalue weighted by Crippen LogP contribution is 2.33. The summed E-state index contributed by atoms with van der Waals surface area (Å²) in [6, 6.07) is 3.63. The molecule has 0 aliphatic rings. The Morgan fingerprint density at radius 2 is 1.78 bits per heavy atom. The number of rotatable bonds is 6. The van der Waals surface area contributed by atoms with Gasteiger partial charge in [-0.2, -0.15) is 0 Å². The van der Waals surface area contributed by atoms with E-state index in [0.29, 0.717) is 24.5 Å². The van der Waals surface area contributed by atoms with E-state index in [1.54, 1.807) is 20.3 Å². The molecular weight excluding hydrogens is 322 g/mol. The van der Waals surface area contributed by atoms with Gasteiger partial charge in [-0.25, -0.2) is 13.1 Å². The van der Waals surface area contributed by atoms with Crippen molar-refractivity contribution in [3.05, 3.63) is 22.2 Å². The van der Waals surface area contributed by atoms with Crippen molar-refractivity contribution in [2.75, 3.05) is 27.0 Å². The van der Waals surface area contributed by atoms with Gasteiger partial charge in [-0.1, -0.05) is 15.9 Å². The van der Waals surface area contributed by atoms with E-state index in [-0.39, 0.29) is 0 Å². The molecule has 0 saturated heterocycles. The highest BCUT2D eigenvalue weighted by atomic mass is 79.9. The second-order valence-corrected chi connectivity index (χ2v) is 6.40. The molecule has 0 aliphatic carbocycles. The van der Waals surface area contributed by atoms with E-state index in [1.807, 2.05) is 6.07 Å². The zero-order valence-corrected chi connectivity index (χ0v) is 12.9. The Balaban J connectivity index is 2.83. The van der Waals surface area contributed by atoms with Gasteiger partial charge in [0, 0.05) is 11.0 Å². The summed E-state index contributed by atoms with van der Waals surface area (Å²) in [5, 5.41) is 0. The lowest BCUT2D eigenvalue weighted by atomic mass is 10.1. The summed E-state index contributed by atoms with van der Waals surface area (Å²) in [5.74, 6) is 1.25. The maximum Gasteiger partial charge on any atom is 0.208 e. The molecule has 0 spiro atoms. The van der Waals surface area contributed by atoms with Gasteiger partial charge in [0.25, 0.3) is 0 Å². The number of ether oxygens (including phenoxy) is 2. The molecule has 5 nitrogen and oxygen atoms in total. The van der Waals surface area contributed by atoms with Crippen LogP contribution in [0.4, 0.5) is 0 Å². The number of sulfonamides is 1. The minimum absolute atomic E-state index is 0.340. The smallest absolute Gasteiger partial charge is 0.208 e. The molecule has 0 heterocycles. The van der Waals surface area contributed by atoms with Crippen LogP contribution in [-0.2, 0) is 16.4 Å². The van der Waals surface area contributed by atoms with Crippen molar-refractivity contribution in [3.8, 4) is 11.5 Å². The first-order valence-corrected chi connectivity index (χ1v) is 7.91. The van der Waals surface area contributed by atoms with Crippen LogP contribution in [0.3, 0.4) is 0 Å². The van der Waals surface area contributed by atoms with E-state index in [4.69, 9.17) is 9.47 Å². The van der Waals surface area contributed by atoms with Crippen molar-refractivity contribution in [3.63, 3.8) is 0 Å². The SMILES string of the molecule is COc1cc(Br)c(CCNS(C)(=O)=O)cc1OC. The molecule has 0 saturated carbocycles. The lowest BCUT2D eigenvalue weighted by Gasteiger charge is -2.12. The van der Waals surface area contributed by atoms with Crippen molar-refractivity contribution in [1.82, 2.24) is 4.72 Å². The minimum atomic E-state index is -3.16. The summed E-state index contributed by atoms with van der Waals surface area (Å²) < 4.78 is 35.6. The first-order valence-electron chi connectivity index (χ1n) is 5.22. The van der Waals surface area contributed by atoms with Gasteiger partial charge >= 0.3 is 0 Å². The molecule has 0 atom stereocenters. The van der Waals surface area contributed by atoms with Crippen LogP contribution < -0.4 is 14.2 Å². The number of nitrogens with one attached hydrogen (secondary N) is 1. The zero-order chi connectivity index (χ0) is 13.8. The fourth-order valence-corrected chi connectivity index (χ4v) is 2.45. The van der Waals surface area contributed by atoms with Gasteiger partial charge in [-0.15, -0.1) is 0 Å². The van der Waals surface area contributed by atoms with Crippen LogP contribution in [0, 0.1) is 0 Å². The number of methoxy groups -OCH3 is 2. The normalized spacial score (nSPS) is 11.3. The van der Waals surface area contributed by atoms with Crippen molar-refractivity contribution in [2.24, 2.45) is 0 Å². The molecule has 0 unspecified atom stereocenters. The van der Waals surface area contributed by atoms with E-state index in [1.165, 1.54) is 0 Å². The Bertz CT molecular complexity index is 516. The number of hydrogen-bond donors (Lipinski definition) is 1. The predicted molar refractivity (Wildman–Crippen MR) is 73.8 cm³/mol. The molecule has 1 aromatic carbocycles. The maximum absolute atomic E-state index is 11.0. The monoisotopic (exact) mass is 337 g/mol. The van der Waals surface area contributed by atoms with E-state index in [9.17, 15) is 8.42 Å². The summed E-state index contributed by atoms with van der Waals surface area (Å²) in [6.07, 6.45) is 1.70. The van der Waals surface area contributed by atoms with Crippen LogP contribution in [0.5, 0.6) is 11.5 Å². The Labute approximate surface area is 116 Å². The van der Waals surface area contributed by atoms with Gasteiger partial charge < -0.3 is 9.47 Å². The minimum Gasteiger partial charge on any atom is -0.493 e. The van der Waals surface area contributed by atoms with Crippen molar-refractivity contribution in [2.45, 2.75) is 6.42 Å². The topological polar surface area (TPSA) is 64.6 Å². The van der Waals surface area contributed by atoms with Crippen LogP contribution in [-0.4, -0.2) is 35.4 Å². The van der Waals surface area contributed by atoms with Crippen molar-refractivity contribution >= 4 is 26.0 Å². The van der Waals surface area contributed by atoms with Gasteiger partial charge in [0.2, 0.25) is 10.0 Å². The first-order chi connectivity index (χ1) is 8.37. The summed E-state index contributed by atoms with van der Waals surface area (Å²) >= 11 is 3.42. The quantitative estimate of drug-likeness (QED) is 0.855. The van der Waals surface area contributed by atoms with Gasteiger partial charge in [-0.05, 0) is 24.1 Å². The molecule has 1 rings (SSSR count). The fourth-order valence-electron chi connectivity index (χ4n) is 1.46. The average Bonchev–Trinajstić information content (AvgIpc) is 2.29. The van der Waals surface area contributed by atoms with Crippen molar-refractivity contribution < 1.29 is 17.9 Å². The Hall–Kier alpha value is -0.790. The molecule has 1 aromatic rings. The lowest BCUT2D eigenvalue weighted by Crippen LogP contribution is -2.24. The van der Waals surface area contributed by atoms with Crippen LogP contribution in [0.1, 0.15) is 5.56 Å². The molecule has 102 valence electrons. The van der Waals surface area contributed by atoms with E-state index in [0.717, 1.165) is 16.3 Å². The van der Waals surface area contributed by atoms with Crippen LogP contribution in [0.15, 0.2) is 16.6 Å². The fraction of sp³-hybridized carbons (Fsp3) is 0.455. The first kappa shape index (κ1) is 15.3. The third-order valence-corrected chi connectivity index (χ3v) is 3.78. The molecule has 0 bridgehead atoms. The third kappa shape index (κ3) is 4.47. The lowest BCUT2D eigenvalue weighted by molar-refractivity contribution is 0.354. The molecule has 0 amide bonds. The van der Waals surface area contributed by atoms with Crippen molar-refractivity contribution in [1.29, 1.82) is 0 Å². The Morgan fingerprint density at radius 1 is 1.22 bits per heavy atom. The number of halogens is 1. The van der Waals surface area contributed by atoms with Crippen LogP contribution in [0.2, 0.25) is 0 Å². The molecule has 0 radical (unpaired) electrons. The maximum atomic E-state index is 11.0. The number of hydrogen-bond acceptors (Lipinski definition) is 4. The standard InChI is InChI=1S/C11H16BrNO4S/c1-16-10-6-8(4-5-13-18(3,14)15)9(12)7-11(10)17-2/h6-7,13H,4-5H2,1-3H3. The molecule has 1 N–H and O–H groups in total. The van der Waals surface area contributed by atoms with E-state index >= 15 is 0 Å². The van der Waals surface area contributed by atoms with Crippen LogP contribution in [0.25, 0.3) is 0 Å². The molecule has 18 heavy (non-hydrogen) atoms. The predicted octanol–water partition coefficient (Wildman–Crippen LogP) is 1.56. The Morgan fingerprint density at radius 3 is 2.28 bits per heavy atom.